The van der Waals surface area contributed by atoms with Gasteiger partial charge in [0.1, 0.15) is 6.10 Å². The zero-order valence-electron chi connectivity index (χ0n) is 9.08. The first-order valence-electron chi connectivity index (χ1n) is 5.25. The molecule has 0 bridgehead atoms. The highest BCUT2D eigenvalue weighted by Gasteiger charge is 2.10. The molecule has 0 heterocycles. The summed E-state index contributed by atoms with van der Waals surface area (Å²) >= 11 is 0. The molecule has 0 amide bonds. The summed E-state index contributed by atoms with van der Waals surface area (Å²) in [6, 6.07) is 15.5. The van der Waals surface area contributed by atoms with Gasteiger partial charge in [-0.05, 0) is 23.3 Å². The maximum Gasteiger partial charge on any atom is 0.335 e. The summed E-state index contributed by atoms with van der Waals surface area (Å²) < 4.78 is 0. The third-order valence-electron chi connectivity index (χ3n) is 2.59. The third-order valence-corrected chi connectivity index (χ3v) is 2.59. The summed E-state index contributed by atoms with van der Waals surface area (Å²) in [5.41, 5.74) is 1.69. The van der Waals surface area contributed by atoms with E-state index in [9.17, 15) is 9.90 Å². The molecule has 2 rings (SSSR count). The Hall–Kier alpha value is -2.13. The van der Waals surface area contributed by atoms with Crippen LogP contribution >= 0.6 is 0 Å². The van der Waals surface area contributed by atoms with Gasteiger partial charge in [-0.15, -0.1) is 0 Å². The molecule has 1 atom stereocenters. The number of aliphatic hydroxyl groups is 1. The molecule has 0 aliphatic carbocycles. The maximum atomic E-state index is 10.7. The summed E-state index contributed by atoms with van der Waals surface area (Å²) in [4.78, 5) is 10.7. The molecule has 2 N–H and O–H groups in total. The Morgan fingerprint density at radius 1 is 0.882 bits per heavy atom. The van der Waals surface area contributed by atoms with Crippen molar-refractivity contribution in [2.45, 2.75) is 6.10 Å². The van der Waals surface area contributed by atoms with Crippen LogP contribution in [0.5, 0.6) is 0 Å². The first kappa shape index (κ1) is 11.4. The van der Waals surface area contributed by atoms with Gasteiger partial charge in [-0.1, -0.05) is 42.5 Å². The molecule has 0 saturated carbocycles. The topological polar surface area (TPSA) is 57.5 Å². The molecule has 3 heteroatoms. The molecule has 0 saturated heterocycles. The van der Waals surface area contributed by atoms with Gasteiger partial charge in [0.05, 0.1) is 5.56 Å². The van der Waals surface area contributed by atoms with Crippen molar-refractivity contribution in [3.8, 4) is 0 Å². The van der Waals surface area contributed by atoms with E-state index in [4.69, 9.17) is 5.11 Å². The molecule has 0 aliphatic heterocycles. The molecule has 0 unspecified atom stereocenters. The van der Waals surface area contributed by atoms with Crippen LogP contribution in [0.1, 0.15) is 27.6 Å². The van der Waals surface area contributed by atoms with Crippen LogP contribution < -0.4 is 0 Å². The molecule has 0 spiro atoms. The van der Waals surface area contributed by atoms with Crippen molar-refractivity contribution in [3.63, 3.8) is 0 Å². The highest BCUT2D eigenvalue weighted by atomic mass is 16.4. The second-order valence-electron chi connectivity index (χ2n) is 3.74. The van der Waals surface area contributed by atoms with Crippen molar-refractivity contribution in [2.75, 3.05) is 0 Å². The highest BCUT2D eigenvalue weighted by Crippen LogP contribution is 2.21. The minimum Gasteiger partial charge on any atom is -0.478 e. The molecular formula is C14H12O3. The fraction of sp³-hybridized carbons (Fsp3) is 0.0714. The predicted molar refractivity (Wildman–Crippen MR) is 63.9 cm³/mol. The molecule has 2 aromatic rings. The van der Waals surface area contributed by atoms with E-state index >= 15 is 0 Å². The van der Waals surface area contributed by atoms with Crippen LogP contribution in [0.4, 0.5) is 0 Å². The fourth-order valence-electron chi connectivity index (χ4n) is 1.64. The lowest BCUT2D eigenvalue weighted by Crippen LogP contribution is -2.01. The lowest BCUT2D eigenvalue weighted by Gasteiger charge is -2.11. The third kappa shape index (κ3) is 2.52. The predicted octanol–water partition coefficient (Wildman–Crippen LogP) is 2.47. The van der Waals surface area contributed by atoms with Crippen LogP contribution in [-0.4, -0.2) is 16.2 Å². The van der Waals surface area contributed by atoms with Crippen molar-refractivity contribution in [2.24, 2.45) is 0 Å². The van der Waals surface area contributed by atoms with E-state index in [1.165, 1.54) is 12.1 Å². The molecule has 17 heavy (non-hydrogen) atoms. The van der Waals surface area contributed by atoms with Crippen LogP contribution in [0.3, 0.4) is 0 Å². The Labute approximate surface area is 99.0 Å². The van der Waals surface area contributed by atoms with E-state index in [2.05, 4.69) is 0 Å². The van der Waals surface area contributed by atoms with Gasteiger partial charge in [0.2, 0.25) is 0 Å². The average Bonchev–Trinajstić information content (AvgIpc) is 2.39. The molecule has 0 aromatic heterocycles. The second kappa shape index (κ2) is 4.80. The van der Waals surface area contributed by atoms with E-state index in [0.717, 1.165) is 5.56 Å². The Morgan fingerprint density at radius 2 is 1.41 bits per heavy atom. The van der Waals surface area contributed by atoms with Gasteiger partial charge >= 0.3 is 5.97 Å². The summed E-state index contributed by atoms with van der Waals surface area (Å²) in [6.45, 7) is 0. The summed E-state index contributed by atoms with van der Waals surface area (Å²) in [6.07, 6.45) is -0.723. The number of aromatic carboxylic acids is 1. The Kier molecular flexibility index (Phi) is 3.21. The zero-order chi connectivity index (χ0) is 12.3. The lowest BCUT2D eigenvalue weighted by molar-refractivity contribution is 0.0696. The van der Waals surface area contributed by atoms with Gasteiger partial charge in [-0.25, -0.2) is 4.79 Å². The van der Waals surface area contributed by atoms with Gasteiger partial charge in [0.25, 0.3) is 0 Å². The van der Waals surface area contributed by atoms with E-state index in [-0.39, 0.29) is 5.56 Å². The van der Waals surface area contributed by atoms with Crippen molar-refractivity contribution >= 4 is 5.97 Å². The fourth-order valence-corrected chi connectivity index (χ4v) is 1.64. The SMILES string of the molecule is O=C(O)c1ccc([C@H](O)c2ccccc2)cc1. The van der Waals surface area contributed by atoms with Crippen molar-refractivity contribution in [3.05, 3.63) is 71.3 Å². The molecule has 86 valence electrons. The quantitative estimate of drug-likeness (QED) is 0.848. The Balaban J connectivity index is 2.26. The number of carboxylic acids is 1. The maximum absolute atomic E-state index is 10.7. The number of benzene rings is 2. The minimum absolute atomic E-state index is 0.217. The van der Waals surface area contributed by atoms with E-state index in [1.54, 1.807) is 12.1 Å². The van der Waals surface area contributed by atoms with Gasteiger partial charge in [-0.3, -0.25) is 0 Å². The van der Waals surface area contributed by atoms with Gasteiger partial charge in [0.15, 0.2) is 0 Å². The van der Waals surface area contributed by atoms with Crippen LogP contribution in [0.15, 0.2) is 54.6 Å². The van der Waals surface area contributed by atoms with Crippen molar-refractivity contribution in [1.29, 1.82) is 0 Å². The monoisotopic (exact) mass is 228 g/mol. The largest absolute Gasteiger partial charge is 0.478 e. The molecular weight excluding hydrogens is 216 g/mol. The first-order chi connectivity index (χ1) is 8.18. The van der Waals surface area contributed by atoms with E-state index in [0.29, 0.717) is 5.56 Å². The second-order valence-corrected chi connectivity index (χ2v) is 3.74. The smallest absolute Gasteiger partial charge is 0.335 e. The van der Waals surface area contributed by atoms with Crippen molar-refractivity contribution < 1.29 is 15.0 Å². The first-order valence-corrected chi connectivity index (χ1v) is 5.25. The molecule has 3 nitrogen and oxygen atoms in total. The Bertz CT molecular complexity index is 503. The number of rotatable bonds is 3. The number of hydrogen-bond acceptors (Lipinski definition) is 2. The molecule has 0 radical (unpaired) electrons. The Morgan fingerprint density at radius 3 is 1.94 bits per heavy atom. The van der Waals surface area contributed by atoms with Gasteiger partial charge in [0, 0.05) is 0 Å². The number of carboxylic acid groups (broad SMARTS) is 1. The zero-order valence-corrected chi connectivity index (χ0v) is 9.08. The van der Waals surface area contributed by atoms with E-state index in [1.807, 2.05) is 30.3 Å². The van der Waals surface area contributed by atoms with Crippen LogP contribution in [0, 0.1) is 0 Å². The highest BCUT2D eigenvalue weighted by molar-refractivity contribution is 5.87. The minimum atomic E-state index is -0.967. The van der Waals surface area contributed by atoms with Crippen LogP contribution in [-0.2, 0) is 0 Å². The van der Waals surface area contributed by atoms with Gasteiger partial charge in [-0.2, -0.15) is 0 Å². The molecule has 0 aliphatic rings. The van der Waals surface area contributed by atoms with E-state index < -0.39 is 12.1 Å². The standard InChI is InChI=1S/C14H12O3/c15-13(10-4-2-1-3-5-10)11-6-8-12(9-7-11)14(16)17/h1-9,13,15H,(H,16,17)/t13-/m1/s1. The van der Waals surface area contributed by atoms with Crippen LogP contribution in [0.2, 0.25) is 0 Å². The summed E-state index contributed by atoms with van der Waals surface area (Å²) in [5.74, 6) is -0.967. The normalized spacial score (nSPS) is 12.1. The number of carbonyl (C=O) groups is 1. The van der Waals surface area contributed by atoms with Crippen LogP contribution in [0.25, 0.3) is 0 Å². The molecule has 2 aromatic carbocycles. The lowest BCUT2D eigenvalue weighted by atomic mass is 10.0. The average molecular weight is 228 g/mol. The summed E-state index contributed by atoms with van der Waals surface area (Å²) in [5, 5.41) is 18.8. The van der Waals surface area contributed by atoms with Crippen molar-refractivity contribution in [1.82, 2.24) is 0 Å². The molecule has 0 fully saturated rings. The van der Waals surface area contributed by atoms with Gasteiger partial charge < -0.3 is 10.2 Å². The number of hydrogen-bond donors (Lipinski definition) is 2. The number of aliphatic hydroxyl groups excluding tert-OH is 1. The summed E-state index contributed by atoms with van der Waals surface area (Å²) in [7, 11) is 0.